The highest BCUT2D eigenvalue weighted by Gasteiger charge is 2.12. The quantitative estimate of drug-likeness (QED) is 0.523. The van der Waals surface area contributed by atoms with E-state index in [2.05, 4.69) is 26.1 Å². The normalized spacial score (nSPS) is 10.3. The van der Waals surface area contributed by atoms with Gasteiger partial charge < -0.3 is 4.42 Å². The van der Waals surface area contributed by atoms with Crippen molar-refractivity contribution in [2.75, 3.05) is 0 Å². The number of hydrogen-bond acceptors (Lipinski definition) is 5. The van der Waals surface area contributed by atoms with E-state index in [1.807, 2.05) is 0 Å². The summed E-state index contributed by atoms with van der Waals surface area (Å²) in [5.74, 6) is 0.217. The van der Waals surface area contributed by atoms with Gasteiger partial charge >= 0.3 is 0 Å². The summed E-state index contributed by atoms with van der Waals surface area (Å²) in [6.45, 7) is 0. The van der Waals surface area contributed by atoms with Gasteiger partial charge in [-0.15, -0.1) is 5.10 Å². The maximum atomic E-state index is 10.6. The summed E-state index contributed by atoms with van der Waals surface area (Å²) in [6.07, 6.45) is 0. The molecule has 0 spiro atoms. The third-order valence-corrected chi connectivity index (χ3v) is 2.41. The Morgan fingerprint density at radius 2 is 2.25 bits per heavy atom. The molecule has 2 rings (SSSR count). The molecule has 0 atom stereocenters. The van der Waals surface area contributed by atoms with E-state index >= 15 is 0 Å². The average Bonchev–Trinajstić information content (AvgIpc) is 2.64. The SMILES string of the molecule is O=[N+]([O-])c1cc(Br)cc(-c2n[nH]c(=S)o2)c1. The van der Waals surface area contributed by atoms with Crippen LogP contribution >= 0.6 is 28.1 Å². The first kappa shape index (κ1) is 11.0. The Labute approximate surface area is 103 Å². The number of nitro benzene ring substituents is 1. The molecular formula is C8H4BrN3O3S. The van der Waals surface area contributed by atoms with Crippen molar-refractivity contribution in [3.8, 4) is 11.5 Å². The van der Waals surface area contributed by atoms with Gasteiger partial charge in [0.15, 0.2) is 0 Å². The number of halogens is 1. The molecule has 0 amide bonds. The van der Waals surface area contributed by atoms with Crippen LogP contribution in [0, 0.1) is 15.0 Å². The van der Waals surface area contributed by atoms with E-state index in [-0.39, 0.29) is 16.4 Å². The van der Waals surface area contributed by atoms with Gasteiger partial charge in [0.1, 0.15) is 0 Å². The molecule has 1 N–H and O–H groups in total. The smallest absolute Gasteiger partial charge is 0.284 e. The van der Waals surface area contributed by atoms with Crippen molar-refractivity contribution >= 4 is 33.8 Å². The van der Waals surface area contributed by atoms with Gasteiger partial charge in [-0.05, 0) is 18.3 Å². The highest BCUT2D eigenvalue weighted by molar-refractivity contribution is 9.10. The fraction of sp³-hybridized carbons (Fsp3) is 0. The van der Waals surface area contributed by atoms with E-state index in [4.69, 9.17) is 16.6 Å². The highest BCUT2D eigenvalue weighted by atomic mass is 79.9. The van der Waals surface area contributed by atoms with Crippen molar-refractivity contribution in [1.29, 1.82) is 0 Å². The van der Waals surface area contributed by atoms with E-state index in [0.29, 0.717) is 10.0 Å². The predicted octanol–water partition coefficient (Wildman–Crippen LogP) is 3.07. The maximum absolute atomic E-state index is 10.6. The summed E-state index contributed by atoms with van der Waals surface area (Å²) >= 11 is 7.90. The molecule has 1 aromatic heterocycles. The summed E-state index contributed by atoms with van der Waals surface area (Å²) in [7, 11) is 0. The second-order valence-corrected chi connectivity index (χ2v) is 4.16. The van der Waals surface area contributed by atoms with Crippen LogP contribution in [0.5, 0.6) is 0 Å². The van der Waals surface area contributed by atoms with Crippen LogP contribution < -0.4 is 0 Å². The van der Waals surface area contributed by atoms with Gasteiger partial charge in [-0.25, -0.2) is 5.10 Å². The van der Waals surface area contributed by atoms with Gasteiger partial charge in [0.05, 0.1) is 4.92 Å². The van der Waals surface area contributed by atoms with Gasteiger partial charge in [-0.1, -0.05) is 15.9 Å². The minimum atomic E-state index is -0.491. The molecule has 0 aliphatic carbocycles. The predicted molar refractivity (Wildman–Crippen MR) is 61.5 cm³/mol. The average molecular weight is 302 g/mol. The number of aromatic nitrogens is 2. The lowest BCUT2D eigenvalue weighted by Gasteiger charge is -1.97. The van der Waals surface area contributed by atoms with E-state index in [0.717, 1.165) is 0 Å². The zero-order chi connectivity index (χ0) is 11.7. The number of nitro groups is 1. The molecule has 82 valence electrons. The van der Waals surface area contributed by atoms with Gasteiger partial charge in [0, 0.05) is 22.2 Å². The topological polar surface area (TPSA) is 85.0 Å². The van der Waals surface area contributed by atoms with Gasteiger partial charge in [0.25, 0.3) is 10.5 Å². The van der Waals surface area contributed by atoms with Crippen molar-refractivity contribution in [2.24, 2.45) is 0 Å². The van der Waals surface area contributed by atoms with Crippen molar-refractivity contribution in [3.05, 3.63) is 37.6 Å². The Bertz CT molecular complexity index is 607. The Kier molecular flexibility index (Phi) is 2.84. The monoisotopic (exact) mass is 301 g/mol. The number of hydrogen-bond donors (Lipinski definition) is 1. The lowest BCUT2D eigenvalue weighted by atomic mass is 10.2. The number of rotatable bonds is 2. The standard InChI is InChI=1S/C8H4BrN3O3S/c9-5-1-4(2-6(3-5)12(13)14)7-10-11-8(16)15-7/h1-3H,(H,11,16). The Morgan fingerprint density at radius 1 is 1.50 bits per heavy atom. The van der Waals surface area contributed by atoms with Gasteiger partial charge in [-0.2, -0.15) is 0 Å². The number of nitrogens with one attached hydrogen (secondary N) is 1. The number of nitrogens with zero attached hydrogens (tertiary/aromatic N) is 2. The van der Waals surface area contributed by atoms with Crippen LogP contribution in [0.25, 0.3) is 11.5 Å². The lowest BCUT2D eigenvalue weighted by molar-refractivity contribution is -0.384. The first-order valence-electron chi connectivity index (χ1n) is 4.07. The number of aromatic amines is 1. The minimum absolute atomic E-state index is 0.0477. The third-order valence-electron chi connectivity index (χ3n) is 1.78. The minimum Gasteiger partial charge on any atom is -0.409 e. The molecule has 16 heavy (non-hydrogen) atoms. The van der Waals surface area contributed by atoms with Crippen LogP contribution in [0.1, 0.15) is 0 Å². The molecule has 0 unspecified atom stereocenters. The summed E-state index contributed by atoms with van der Waals surface area (Å²) in [4.78, 5) is 10.3. The van der Waals surface area contributed by atoms with Crippen LogP contribution in [0.2, 0.25) is 0 Å². The van der Waals surface area contributed by atoms with Crippen molar-refractivity contribution in [3.63, 3.8) is 0 Å². The second kappa shape index (κ2) is 4.14. The molecule has 0 bridgehead atoms. The van der Waals surface area contributed by atoms with Gasteiger partial charge in [0.2, 0.25) is 5.89 Å². The van der Waals surface area contributed by atoms with E-state index in [1.54, 1.807) is 6.07 Å². The van der Waals surface area contributed by atoms with Crippen LogP contribution in [-0.2, 0) is 0 Å². The van der Waals surface area contributed by atoms with Crippen LogP contribution in [0.3, 0.4) is 0 Å². The molecule has 1 heterocycles. The van der Waals surface area contributed by atoms with E-state index in [1.165, 1.54) is 12.1 Å². The summed E-state index contributed by atoms with van der Waals surface area (Å²) < 4.78 is 5.63. The molecule has 8 heteroatoms. The molecule has 1 aromatic carbocycles. The maximum Gasteiger partial charge on any atom is 0.284 e. The highest BCUT2D eigenvalue weighted by Crippen LogP contribution is 2.27. The molecule has 2 aromatic rings. The Balaban J connectivity index is 2.57. The number of H-pyrrole nitrogens is 1. The molecule has 0 radical (unpaired) electrons. The Hall–Kier alpha value is -1.54. The van der Waals surface area contributed by atoms with Crippen LogP contribution in [0.4, 0.5) is 5.69 Å². The molecular weight excluding hydrogens is 298 g/mol. The second-order valence-electron chi connectivity index (χ2n) is 2.87. The molecule has 0 aliphatic rings. The number of non-ortho nitro benzene ring substituents is 1. The zero-order valence-electron chi connectivity index (χ0n) is 7.64. The van der Waals surface area contributed by atoms with Crippen LogP contribution in [-0.4, -0.2) is 15.1 Å². The van der Waals surface area contributed by atoms with Crippen molar-refractivity contribution < 1.29 is 9.34 Å². The largest absolute Gasteiger partial charge is 0.409 e. The first-order valence-corrected chi connectivity index (χ1v) is 5.27. The summed E-state index contributed by atoms with van der Waals surface area (Å²) in [5.41, 5.74) is 0.432. The van der Waals surface area contributed by atoms with Crippen LogP contribution in [0.15, 0.2) is 27.1 Å². The third kappa shape index (κ3) is 2.17. The molecule has 0 aliphatic heterocycles. The van der Waals surface area contributed by atoms with Crippen molar-refractivity contribution in [1.82, 2.24) is 10.2 Å². The molecule has 0 saturated carbocycles. The van der Waals surface area contributed by atoms with Crippen molar-refractivity contribution in [2.45, 2.75) is 0 Å². The zero-order valence-corrected chi connectivity index (χ0v) is 10.0. The fourth-order valence-corrected chi connectivity index (χ4v) is 1.76. The lowest BCUT2D eigenvalue weighted by Crippen LogP contribution is -1.89. The van der Waals surface area contributed by atoms with E-state index < -0.39 is 4.92 Å². The summed E-state index contributed by atoms with van der Waals surface area (Å²) in [5, 5.41) is 16.9. The fourth-order valence-electron chi connectivity index (χ4n) is 1.16. The molecule has 0 fully saturated rings. The summed E-state index contributed by atoms with van der Waals surface area (Å²) in [6, 6.07) is 4.41. The van der Waals surface area contributed by atoms with Gasteiger partial charge in [-0.3, -0.25) is 10.1 Å². The molecule has 6 nitrogen and oxygen atoms in total. The van der Waals surface area contributed by atoms with E-state index in [9.17, 15) is 10.1 Å². The molecule has 0 saturated heterocycles. The Morgan fingerprint density at radius 3 is 2.81 bits per heavy atom. The number of benzene rings is 1. The first-order chi connectivity index (χ1) is 7.56.